The molecule has 0 aromatic carbocycles. The molecule has 0 spiro atoms. The van der Waals surface area contributed by atoms with Crippen LogP contribution >= 0.6 is 22.9 Å². The molecule has 0 atom stereocenters. The van der Waals surface area contributed by atoms with E-state index in [2.05, 4.69) is 31.9 Å². The minimum absolute atomic E-state index is 0.107. The number of hydrogen-bond donors (Lipinski definition) is 2. The van der Waals surface area contributed by atoms with Gasteiger partial charge in [0.2, 0.25) is 5.91 Å². The van der Waals surface area contributed by atoms with Crippen LogP contribution in [0, 0.1) is 5.92 Å². The number of rotatable bonds is 5. The van der Waals surface area contributed by atoms with Crippen molar-refractivity contribution in [2.24, 2.45) is 5.92 Å². The lowest BCUT2D eigenvalue weighted by Gasteiger charge is -2.31. The fourth-order valence-corrected chi connectivity index (χ4v) is 2.00. The van der Waals surface area contributed by atoms with Crippen molar-refractivity contribution in [3.05, 3.63) is 0 Å². The number of halogens is 1. The largest absolute Gasteiger partial charge is 0.375 e. The predicted octanol–water partition coefficient (Wildman–Crippen LogP) is 0.316. The third kappa shape index (κ3) is 4.62. The van der Waals surface area contributed by atoms with Crippen LogP contribution in [0.25, 0.3) is 0 Å². The Kier molecular flexibility index (Phi) is 6.46. The lowest BCUT2D eigenvalue weighted by Crippen LogP contribution is -2.42. The minimum atomic E-state index is 0.107. The van der Waals surface area contributed by atoms with Crippen molar-refractivity contribution in [1.82, 2.24) is 14.0 Å². The summed E-state index contributed by atoms with van der Waals surface area (Å²) in [6.07, 6.45) is 2.14. The summed E-state index contributed by atoms with van der Waals surface area (Å²) in [4.78, 5) is 13.4. The number of carbonyl (C=O) groups is 1. The third-order valence-corrected chi connectivity index (χ3v) is 3.07. The zero-order valence-corrected chi connectivity index (χ0v) is 11.1. The molecule has 1 aliphatic heterocycles. The molecule has 1 heterocycles. The van der Waals surface area contributed by atoms with Gasteiger partial charge in [0, 0.05) is 49.6 Å². The molecule has 2 N–H and O–H groups in total. The average molecular weight is 327 g/mol. The predicted molar refractivity (Wildman–Crippen MR) is 66.3 cm³/mol. The summed E-state index contributed by atoms with van der Waals surface area (Å²) in [5, 5.41) is 0. The summed E-state index contributed by atoms with van der Waals surface area (Å²) in [7, 11) is 1.56. The second kappa shape index (κ2) is 7.37. The Hall–Kier alpha value is 0.0800. The van der Waals surface area contributed by atoms with E-state index in [0.29, 0.717) is 5.92 Å². The Balaban J connectivity index is 2.20. The molecule has 0 bridgehead atoms. The van der Waals surface area contributed by atoms with E-state index in [1.54, 1.807) is 7.11 Å². The minimum Gasteiger partial charge on any atom is -0.375 e. The number of hydrazine groups is 1. The number of hydrogen-bond acceptors (Lipinski definition) is 4. The number of nitrogens with zero attached hydrogens (tertiary/aromatic N) is 1. The van der Waals surface area contributed by atoms with Gasteiger partial charge in [0.05, 0.1) is 0 Å². The first-order chi connectivity index (χ1) is 7.27. The van der Waals surface area contributed by atoms with Gasteiger partial charge in [-0.2, -0.15) is 3.64 Å². The summed E-state index contributed by atoms with van der Waals surface area (Å²) in [6.45, 7) is 2.89. The molecular formula is C9H18IN3O2. The molecular weight excluding hydrogens is 309 g/mol. The maximum absolute atomic E-state index is 11.5. The second-order valence-electron chi connectivity index (χ2n) is 3.73. The van der Waals surface area contributed by atoms with E-state index in [-0.39, 0.29) is 12.5 Å². The average Bonchev–Trinajstić information content (AvgIpc) is 2.27. The Morgan fingerprint density at radius 2 is 2.20 bits per heavy atom. The Morgan fingerprint density at radius 1 is 1.53 bits per heavy atom. The monoisotopic (exact) mass is 327 g/mol. The van der Waals surface area contributed by atoms with Crippen molar-refractivity contribution in [3.8, 4) is 0 Å². The molecule has 1 aliphatic rings. The zero-order valence-electron chi connectivity index (χ0n) is 8.96. The van der Waals surface area contributed by atoms with Gasteiger partial charge in [-0.1, -0.05) is 0 Å². The number of ether oxygens (including phenoxy) is 1. The molecule has 0 saturated carbocycles. The van der Waals surface area contributed by atoms with Gasteiger partial charge in [0.1, 0.15) is 6.61 Å². The molecule has 0 unspecified atom stereocenters. The molecule has 0 aliphatic carbocycles. The fourth-order valence-electron chi connectivity index (χ4n) is 1.78. The van der Waals surface area contributed by atoms with Gasteiger partial charge in [0.25, 0.3) is 0 Å². The molecule has 5 nitrogen and oxygen atoms in total. The van der Waals surface area contributed by atoms with Crippen molar-refractivity contribution in [2.45, 2.75) is 12.8 Å². The molecule has 6 heteroatoms. The lowest BCUT2D eigenvalue weighted by atomic mass is 9.97. The highest BCUT2D eigenvalue weighted by molar-refractivity contribution is 14.1. The van der Waals surface area contributed by atoms with Crippen LogP contribution in [0.3, 0.4) is 0 Å². The summed E-state index contributed by atoms with van der Waals surface area (Å²) in [6, 6.07) is 0. The molecule has 88 valence electrons. The molecule has 0 aromatic rings. The first kappa shape index (κ1) is 13.1. The van der Waals surface area contributed by atoms with Gasteiger partial charge in [-0.15, -0.1) is 0 Å². The first-order valence-corrected chi connectivity index (χ1v) is 6.21. The van der Waals surface area contributed by atoms with Crippen LogP contribution in [-0.4, -0.2) is 44.2 Å². The maximum atomic E-state index is 11.5. The van der Waals surface area contributed by atoms with E-state index >= 15 is 0 Å². The first-order valence-electron chi connectivity index (χ1n) is 5.13. The van der Waals surface area contributed by atoms with E-state index in [1.165, 1.54) is 0 Å². The number of nitrogens with one attached hydrogen (secondary N) is 2. The van der Waals surface area contributed by atoms with E-state index < -0.39 is 0 Å². The smallest absolute Gasteiger partial charge is 0.248 e. The van der Waals surface area contributed by atoms with Crippen LogP contribution in [0.2, 0.25) is 0 Å². The van der Waals surface area contributed by atoms with Gasteiger partial charge in [-0.3, -0.25) is 4.79 Å². The zero-order chi connectivity index (χ0) is 11.1. The van der Waals surface area contributed by atoms with Gasteiger partial charge in [-0.05, 0) is 18.8 Å². The number of amides is 1. The standard InChI is InChI=1S/C9H18IN3O2/c1-15-7-9(14)13-4-2-8(3-5-13)6-11-12-10/h8,11-12H,2-7H2,1H3. The van der Waals surface area contributed by atoms with E-state index in [4.69, 9.17) is 4.74 Å². The summed E-state index contributed by atoms with van der Waals surface area (Å²) >= 11 is 2.07. The molecule has 15 heavy (non-hydrogen) atoms. The van der Waals surface area contributed by atoms with Crippen LogP contribution in [0.1, 0.15) is 12.8 Å². The SMILES string of the molecule is COCC(=O)N1CCC(CNNI)CC1. The summed E-state index contributed by atoms with van der Waals surface area (Å²) in [5.41, 5.74) is 3.10. The second-order valence-corrected chi connectivity index (χ2v) is 4.27. The summed E-state index contributed by atoms with van der Waals surface area (Å²) in [5.74, 6) is 0.773. The van der Waals surface area contributed by atoms with Crippen molar-refractivity contribution in [2.75, 3.05) is 33.4 Å². The number of piperidine rings is 1. The van der Waals surface area contributed by atoms with Gasteiger partial charge >= 0.3 is 0 Å². The maximum Gasteiger partial charge on any atom is 0.248 e. The van der Waals surface area contributed by atoms with Crippen LogP contribution in [0.5, 0.6) is 0 Å². The third-order valence-electron chi connectivity index (χ3n) is 2.69. The molecule has 0 radical (unpaired) electrons. The van der Waals surface area contributed by atoms with E-state index in [1.807, 2.05) is 4.90 Å². The lowest BCUT2D eigenvalue weighted by molar-refractivity contribution is -0.136. The Bertz CT molecular complexity index is 196. The van der Waals surface area contributed by atoms with Crippen molar-refractivity contribution < 1.29 is 9.53 Å². The molecule has 1 fully saturated rings. The van der Waals surface area contributed by atoms with Crippen LogP contribution < -0.4 is 9.06 Å². The van der Waals surface area contributed by atoms with E-state index in [9.17, 15) is 4.79 Å². The topological polar surface area (TPSA) is 53.6 Å². The Morgan fingerprint density at radius 3 is 2.73 bits per heavy atom. The van der Waals surface area contributed by atoms with Crippen LogP contribution in [0.15, 0.2) is 0 Å². The van der Waals surface area contributed by atoms with Crippen LogP contribution in [-0.2, 0) is 9.53 Å². The molecule has 0 aromatic heterocycles. The quantitative estimate of drug-likeness (QED) is 0.434. The highest BCUT2D eigenvalue weighted by Crippen LogP contribution is 2.16. The molecule has 1 saturated heterocycles. The van der Waals surface area contributed by atoms with Gasteiger partial charge in [-0.25, -0.2) is 5.43 Å². The van der Waals surface area contributed by atoms with Crippen molar-refractivity contribution in [3.63, 3.8) is 0 Å². The van der Waals surface area contributed by atoms with Crippen molar-refractivity contribution in [1.29, 1.82) is 0 Å². The van der Waals surface area contributed by atoms with Crippen molar-refractivity contribution >= 4 is 28.8 Å². The van der Waals surface area contributed by atoms with Crippen LogP contribution in [0.4, 0.5) is 0 Å². The van der Waals surface area contributed by atoms with Gasteiger partial charge in [0.15, 0.2) is 0 Å². The molecule has 1 rings (SSSR count). The highest BCUT2D eigenvalue weighted by atomic mass is 127. The van der Waals surface area contributed by atoms with E-state index in [0.717, 1.165) is 32.5 Å². The number of carbonyl (C=O) groups excluding carboxylic acids is 1. The number of likely N-dealkylation sites (tertiary alicyclic amines) is 1. The Labute approximate surface area is 104 Å². The normalized spacial score (nSPS) is 18.1. The summed E-state index contributed by atoms with van der Waals surface area (Å²) < 4.78 is 7.72. The number of methoxy groups -OCH3 is 1. The fraction of sp³-hybridized carbons (Fsp3) is 0.889. The molecule has 1 amide bonds. The highest BCUT2D eigenvalue weighted by Gasteiger charge is 2.21. The van der Waals surface area contributed by atoms with Gasteiger partial charge < -0.3 is 9.64 Å².